The first-order valence-corrected chi connectivity index (χ1v) is 6.99. The minimum atomic E-state index is 0.490. The van der Waals surface area contributed by atoms with Crippen LogP contribution in [0.3, 0.4) is 0 Å². The Balaban J connectivity index is 1.76. The van der Waals surface area contributed by atoms with Crippen molar-refractivity contribution in [3.63, 3.8) is 0 Å². The molecule has 0 aromatic carbocycles. The third-order valence-corrected chi connectivity index (χ3v) is 3.35. The van der Waals surface area contributed by atoms with E-state index in [2.05, 4.69) is 34.8 Å². The maximum absolute atomic E-state index is 5.66. The number of likely N-dealkylation sites (tertiary alicyclic amines) is 1. The van der Waals surface area contributed by atoms with Crippen LogP contribution < -0.4 is 4.74 Å². The summed E-state index contributed by atoms with van der Waals surface area (Å²) < 4.78 is 5.66. The Morgan fingerprint density at radius 3 is 2.95 bits per heavy atom. The van der Waals surface area contributed by atoms with Gasteiger partial charge in [-0.1, -0.05) is 11.6 Å². The fraction of sp³-hybridized carbons (Fsp3) is 0.600. The lowest BCUT2D eigenvalue weighted by atomic mass is 9.99. The molecule has 0 aliphatic carbocycles. The number of ether oxygens (including phenoxy) is 1. The Labute approximate surface area is 115 Å². The predicted octanol–water partition coefficient (Wildman–Crippen LogP) is 2.53. The molecule has 19 heavy (non-hydrogen) atoms. The zero-order chi connectivity index (χ0) is 13.5. The summed E-state index contributed by atoms with van der Waals surface area (Å²) in [5.74, 6) is 0.586. The summed E-state index contributed by atoms with van der Waals surface area (Å²) in [5.41, 5.74) is 1.39. The zero-order valence-electron chi connectivity index (χ0n) is 11.9. The number of hydrogen-bond donors (Lipinski definition) is 0. The molecule has 0 bridgehead atoms. The van der Waals surface area contributed by atoms with Gasteiger partial charge in [0.05, 0.1) is 6.61 Å². The lowest BCUT2D eigenvalue weighted by Gasteiger charge is -2.31. The van der Waals surface area contributed by atoms with Crippen molar-refractivity contribution in [3.05, 3.63) is 30.1 Å². The second kappa shape index (κ2) is 7.24. The van der Waals surface area contributed by atoms with Gasteiger partial charge in [0.2, 0.25) is 0 Å². The average molecular weight is 261 g/mol. The normalized spacial score (nSPS) is 20.0. The monoisotopic (exact) mass is 261 g/mol. The van der Waals surface area contributed by atoms with Crippen LogP contribution in [0.15, 0.2) is 30.1 Å². The molecule has 0 saturated carbocycles. The van der Waals surface area contributed by atoms with Gasteiger partial charge in [0.25, 0.3) is 0 Å². The number of aromatic nitrogens is 2. The van der Waals surface area contributed by atoms with E-state index in [-0.39, 0.29) is 0 Å². The standard InChI is InChI=1S/C15H23N3O/c1-13(2)6-10-18-9-3-5-14(11-18)12-19-15-16-7-4-8-17-15/h4,6-8,14H,3,5,9-12H2,1-2H3. The van der Waals surface area contributed by atoms with E-state index < -0.39 is 0 Å². The fourth-order valence-corrected chi connectivity index (χ4v) is 2.32. The molecule has 4 heteroatoms. The van der Waals surface area contributed by atoms with E-state index in [0.717, 1.165) is 19.7 Å². The van der Waals surface area contributed by atoms with Crippen LogP contribution in [-0.4, -0.2) is 41.1 Å². The van der Waals surface area contributed by atoms with Crippen LogP contribution in [0.1, 0.15) is 26.7 Å². The second-order valence-electron chi connectivity index (χ2n) is 5.39. The first-order chi connectivity index (χ1) is 9.24. The summed E-state index contributed by atoms with van der Waals surface area (Å²) in [7, 11) is 0. The molecule has 1 aliphatic heterocycles. The molecule has 0 amide bonds. The van der Waals surface area contributed by atoms with Gasteiger partial charge in [-0.15, -0.1) is 0 Å². The minimum absolute atomic E-state index is 0.490. The van der Waals surface area contributed by atoms with E-state index in [4.69, 9.17) is 4.74 Å². The minimum Gasteiger partial charge on any atom is -0.463 e. The molecule has 1 aromatic rings. The number of allylic oxidation sites excluding steroid dienone is 1. The summed E-state index contributed by atoms with van der Waals surface area (Å²) in [5, 5.41) is 0. The summed E-state index contributed by atoms with van der Waals surface area (Å²) in [4.78, 5) is 10.7. The van der Waals surface area contributed by atoms with Crippen molar-refractivity contribution in [2.45, 2.75) is 26.7 Å². The highest BCUT2D eigenvalue weighted by Gasteiger charge is 2.19. The molecule has 104 valence electrons. The van der Waals surface area contributed by atoms with Gasteiger partial charge in [0.1, 0.15) is 0 Å². The molecular formula is C15H23N3O. The number of rotatable bonds is 5. The first kappa shape index (κ1) is 14.0. The molecule has 0 spiro atoms. The highest BCUT2D eigenvalue weighted by Crippen LogP contribution is 2.17. The van der Waals surface area contributed by atoms with Crippen molar-refractivity contribution in [3.8, 4) is 6.01 Å². The van der Waals surface area contributed by atoms with E-state index in [1.807, 2.05) is 0 Å². The van der Waals surface area contributed by atoms with Gasteiger partial charge in [-0.2, -0.15) is 0 Å². The number of piperidine rings is 1. The van der Waals surface area contributed by atoms with Gasteiger partial charge < -0.3 is 4.74 Å². The summed E-state index contributed by atoms with van der Waals surface area (Å²) in [6.45, 7) is 8.38. The molecule has 1 aromatic heterocycles. The van der Waals surface area contributed by atoms with E-state index in [1.54, 1.807) is 18.5 Å². The number of nitrogens with zero attached hydrogens (tertiary/aromatic N) is 3. The van der Waals surface area contributed by atoms with Crippen LogP contribution >= 0.6 is 0 Å². The molecule has 0 radical (unpaired) electrons. The van der Waals surface area contributed by atoms with Crippen LogP contribution in [0.25, 0.3) is 0 Å². The van der Waals surface area contributed by atoms with E-state index in [0.29, 0.717) is 11.9 Å². The summed E-state index contributed by atoms with van der Waals surface area (Å²) in [6, 6.07) is 2.29. The quantitative estimate of drug-likeness (QED) is 0.763. The lowest BCUT2D eigenvalue weighted by Crippen LogP contribution is -2.37. The van der Waals surface area contributed by atoms with Gasteiger partial charge in [0, 0.05) is 31.4 Å². The van der Waals surface area contributed by atoms with Gasteiger partial charge in [-0.05, 0) is 39.3 Å². The Hall–Kier alpha value is -1.42. The van der Waals surface area contributed by atoms with Crippen molar-refractivity contribution in [2.75, 3.05) is 26.2 Å². The Morgan fingerprint density at radius 2 is 2.21 bits per heavy atom. The van der Waals surface area contributed by atoms with Gasteiger partial charge in [-0.25, -0.2) is 9.97 Å². The molecule has 1 saturated heterocycles. The topological polar surface area (TPSA) is 38.2 Å². The molecule has 2 heterocycles. The average Bonchev–Trinajstić information content (AvgIpc) is 2.44. The Kier molecular flexibility index (Phi) is 5.33. The van der Waals surface area contributed by atoms with Crippen molar-refractivity contribution in [1.82, 2.24) is 14.9 Å². The van der Waals surface area contributed by atoms with Crippen LogP contribution in [0.4, 0.5) is 0 Å². The molecule has 1 unspecified atom stereocenters. The Morgan fingerprint density at radius 1 is 1.42 bits per heavy atom. The van der Waals surface area contributed by atoms with Crippen molar-refractivity contribution < 1.29 is 4.74 Å². The smallest absolute Gasteiger partial charge is 0.316 e. The van der Waals surface area contributed by atoms with Gasteiger partial charge in [0.15, 0.2) is 0 Å². The fourth-order valence-electron chi connectivity index (χ4n) is 2.32. The molecule has 2 rings (SSSR count). The molecule has 1 aliphatic rings. The predicted molar refractivity (Wildman–Crippen MR) is 76.1 cm³/mol. The van der Waals surface area contributed by atoms with E-state index in [9.17, 15) is 0 Å². The summed E-state index contributed by atoms with van der Waals surface area (Å²) in [6.07, 6.45) is 8.20. The zero-order valence-corrected chi connectivity index (χ0v) is 11.9. The molecular weight excluding hydrogens is 238 g/mol. The van der Waals surface area contributed by atoms with Crippen LogP contribution in [-0.2, 0) is 0 Å². The van der Waals surface area contributed by atoms with Crippen molar-refractivity contribution in [1.29, 1.82) is 0 Å². The lowest BCUT2D eigenvalue weighted by molar-refractivity contribution is 0.134. The SMILES string of the molecule is CC(C)=CCN1CCCC(COc2ncccn2)C1. The molecule has 4 nitrogen and oxygen atoms in total. The van der Waals surface area contributed by atoms with E-state index >= 15 is 0 Å². The van der Waals surface area contributed by atoms with Gasteiger partial charge >= 0.3 is 6.01 Å². The third-order valence-electron chi connectivity index (χ3n) is 3.35. The van der Waals surface area contributed by atoms with E-state index in [1.165, 1.54) is 25.0 Å². The highest BCUT2D eigenvalue weighted by molar-refractivity contribution is 4.96. The largest absolute Gasteiger partial charge is 0.463 e. The maximum Gasteiger partial charge on any atom is 0.316 e. The van der Waals surface area contributed by atoms with Crippen molar-refractivity contribution >= 4 is 0 Å². The second-order valence-corrected chi connectivity index (χ2v) is 5.39. The van der Waals surface area contributed by atoms with Crippen LogP contribution in [0, 0.1) is 5.92 Å². The van der Waals surface area contributed by atoms with Crippen LogP contribution in [0.2, 0.25) is 0 Å². The molecule has 1 atom stereocenters. The maximum atomic E-state index is 5.66. The first-order valence-electron chi connectivity index (χ1n) is 6.99. The molecule has 1 fully saturated rings. The van der Waals surface area contributed by atoms with Crippen LogP contribution in [0.5, 0.6) is 6.01 Å². The number of hydrogen-bond acceptors (Lipinski definition) is 4. The highest BCUT2D eigenvalue weighted by atomic mass is 16.5. The van der Waals surface area contributed by atoms with Gasteiger partial charge in [-0.3, -0.25) is 4.90 Å². The Bertz CT molecular complexity index is 401. The summed E-state index contributed by atoms with van der Waals surface area (Å²) >= 11 is 0. The molecule has 0 N–H and O–H groups in total. The third kappa shape index (κ3) is 4.99. The van der Waals surface area contributed by atoms with Crippen molar-refractivity contribution in [2.24, 2.45) is 5.92 Å².